The Morgan fingerprint density at radius 2 is 1.91 bits per heavy atom. The van der Waals surface area contributed by atoms with Gasteiger partial charge in [0.1, 0.15) is 5.52 Å². The number of nitrogens with zero attached hydrogens (tertiary/aromatic N) is 1. The van der Waals surface area contributed by atoms with Crippen LogP contribution in [0, 0.1) is 0 Å². The van der Waals surface area contributed by atoms with Gasteiger partial charge in [0.2, 0.25) is 0 Å². The Labute approximate surface area is 79.9 Å². The van der Waals surface area contributed by atoms with E-state index in [0.29, 0.717) is 0 Å². The molecule has 2 nitrogen and oxygen atoms in total. The second-order valence-electron chi connectivity index (χ2n) is 2.06. The number of hydrogen-bond donors (Lipinski definition) is 0. The minimum absolute atomic E-state index is 0.777. The van der Waals surface area contributed by atoms with Gasteiger partial charge < -0.3 is 4.42 Å². The highest BCUT2D eigenvalue weighted by Gasteiger charge is 2.05. The zero-order valence-corrected chi connectivity index (χ0v) is 8.52. The average Bonchev–Trinajstić information content (AvgIpc) is 2.45. The van der Waals surface area contributed by atoms with Gasteiger partial charge >= 0.3 is 0 Å². The molecule has 0 atom stereocenters. The molecule has 1 aromatic carbocycles. The van der Waals surface area contributed by atoms with E-state index in [-0.39, 0.29) is 0 Å². The molecule has 0 saturated carbocycles. The molecule has 0 saturated heterocycles. The number of fused-ring (bicyclic) bond motifs is 1. The summed E-state index contributed by atoms with van der Waals surface area (Å²) in [5.41, 5.74) is 1.62. The third-order valence-electron chi connectivity index (χ3n) is 1.39. The third kappa shape index (κ3) is 1.10. The zero-order chi connectivity index (χ0) is 7.84. The summed E-state index contributed by atoms with van der Waals surface area (Å²) in [5.74, 6) is 0. The predicted molar refractivity (Wildman–Crippen MR) is 49.4 cm³/mol. The summed E-state index contributed by atoms with van der Waals surface area (Å²) in [6.45, 7) is 0. The maximum Gasteiger partial charge on any atom is 0.182 e. The average molecular weight is 277 g/mol. The summed E-state index contributed by atoms with van der Waals surface area (Å²) in [6, 6.07) is 3.84. The van der Waals surface area contributed by atoms with Crippen molar-refractivity contribution in [3.63, 3.8) is 0 Å². The molecule has 1 aromatic heterocycles. The lowest BCUT2D eigenvalue weighted by Gasteiger charge is -1.92. The van der Waals surface area contributed by atoms with E-state index in [4.69, 9.17) is 4.42 Å². The first-order valence-corrected chi connectivity index (χ1v) is 4.55. The van der Waals surface area contributed by atoms with E-state index in [1.54, 1.807) is 0 Å². The fourth-order valence-electron chi connectivity index (χ4n) is 0.887. The van der Waals surface area contributed by atoms with Crippen LogP contribution in [0.5, 0.6) is 0 Å². The molecule has 0 aliphatic rings. The number of benzene rings is 1. The van der Waals surface area contributed by atoms with Gasteiger partial charge in [0.05, 0.1) is 4.47 Å². The zero-order valence-electron chi connectivity index (χ0n) is 5.34. The van der Waals surface area contributed by atoms with Crippen molar-refractivity contribution in [3.05, 3.63) is 27.5 Å². The third-order valence-corrected chi connectivity index (χ3v) is 2.65. The van der Waals surface area contributed by atoms with Crippen LogP contribution < -0.4 is 0 Å². The van der Waals surface area contributed by atoms with Gasteiger partial charge in [0.15, 0.2) is 12.0 Å². The lowest BCUT2D eigenvalue weighted by molar-refractivity contribution is 0.600. The molecular formula is C7H3Br2NO. The molecule has 2 aromatic rings. The molecule has 4 heteroatoms. The second-order valence-corrected chi connectivity index (χ2v) is 3.77. The standard InChI is InChI=1S/C7H3Br2NO/c8-4-1-2-5(9)7-6(4)10-3-11-7/h1-3H. The van der Waals surface area contributed by atoms with Crippen LogP contribution >= 0.6 is 31.9 Å². The molecule has 0 aliphatic heterocycles. The maximum absolute atomic E-state index is 5.14. The van der Waals surface area contributed by atoms with E-state index in [1.807, 2.05) is 12.1 Å². The van der Waals surface area contributed by atoms with Gasteiger partial charge in [-0.3, -0.25) is 0 Å². The molecule has 0 radical (unpaired) electrons. The van der Waals surface area contributed by atoms with Gasteiger partial charge in [-0.1, -0.05) is 0 Å². The number of rotatable bonds is 0. The van der Waals surface area contributed by atoms with Gasteiger partial charge in [-0.2, -0.15) is 0 Å². The lowest BCUT2D eigenvalue weighted by Crippen LogP contribution is -1.71. The lowest BCUT2D eigenvalue weighted by atomic mass is 10.3. The summed E-state index contributed by atoms with van der Waals surface area (Å²) in [5, 5.41) is 0. The van der Waals surface area contributed by atoms with Crippen molar-refractivity contribution >= 4 is 43.0 Å². The Hall–Kier alpha value is -0.350. The van der Waals surface area contributed by atoms with E-state index in [9.17, 15) is 0 Å². The highest BCUT2D eigenvalue weighted by Crippen LogP contribution is 2.28. The van der Waals surface area contributed by atoms with Crippen molar-refractivity contribution in [3.8, 4) is 0 Å². The molecule has 2 rings (SSSR count). The Morgan fingerprint density at radius 3 is 2.64 bits per heavy atom. The van der Waals surface area contributed by atoms with E-state index < -0.39 is 0 Å². The molecule has 0 fully saturated rings. The SMILES string of the molecule is Brc1ccc(Br)c2ocnc12. The molecule has 0 unspecified atom stereocenters. The molecule has 0 bridgehead atoms. The van der Waals surface area contributed by atoms with Crippen LogP contribution in [0.3, 0.4) is 0 Å². The van der Waals surface area contributed by atoms with Crippen molar-refractivity contribution in [2.75, 3.05) is 0 Å². The van der Waals surface area contributed by atoms with Crippen LogP contribution in [0.4, 0.5) is 0 Å². The van der Waals surface area contributed by atoms with E-state index in [1.165, 1.54) is 6.39 Å². The smallest absolute Gasteiger partial charge is 0.182 e. The van der Waals surface area contributed by atoms with Crippen molar-refractivity contribution in [1.82, 2.24) is 4.98 Å². The molecule has 11 heavy (non-hydrogen) atoms. The van der Waals surface area contributed by atoms with Gasteiger partial charge in [0.25, 0.3) is 0 Å². The minimum atomic E-state index is 0.777. The number of oxazole rings is 1. The first-order chi connectivity index (χ1) is 5.29. The maximum atomic E-state index is 5.14. The summed E-state index contributed by atoms with van der Waals surface area (Å²) in [7, 11) is 0. The molecule has 56 valence electrons. The molecular weight excluding hydrogens is 274 g/mol. The van der Waals surface area contributed by atoms with Gasteiger partial charge in [-0.15, -0.1) is 0 Å². The van der Waals surface area contributed by atoms with Gasteiger partial charge in [0, 0.05) is 4.47 Å². The first kappa shape index (κ1) is 7.31. The molecule has 0 amide bonds. The van der Waals surface area contributed by atoms with Crippen molar-refractivity contribution < 1.29 is 4.42 Å². The van der Waals surface area contributed by atoms with Crippen molar-refractivity contribution in [2.24, 2.45) is 0 Å². The van der Waals surface area contributed by atoms with E-state index in [0.717, 1.165) is 20.0 Å². The van der Waals surface area contributed by atoms with Crippen LogP contribution in [0.2, 0.25) is 0 Å². The summed E-state index contributed by atoms with van der Waals surface area (Å²) >= 11 is 6.72. The number of halogens is 2. The normalized spacial score (nSPS) is 10.7. The van der Waals surface area contributed by atoms with Crippen LogP contribution in [0.1, 0.15) is 0 Å². The Kier molecular flexibility index (Phi) is 1.73. The van der Waals surface area contributed by atoms with E-state index >= 15 is 0 Å². The Balaban J connectivity index is 2.96. The fraction of sp³-hybridized carbons (Fsp3) is 0. The summed E-state index contributed by atoms with van der Waals surface area (Å²) < 4.78 is 7.01. The Bertz CT molecular complexity index is 360. The highest BCUT2D eigenvalue weighted by atomic mass is 79.9. The first-order valence-electron chi connectivity index (χ1n) is 2.96. The quantitative estimate of drug-likeness (QED) is 0.738. The topological polar surface area (TPSA) is 26.0 Å². The van der Waals surface area contributed by atoms with E-state index in [2.05, 4.69) is 36.8 Å². The Morgan fingerprint density at radius 1 is 1.18 bits per heavy atom. The van der Waals surface area contributed by atoms with Crippen molar-refractivity contribution in [1.29, 1.82) is 0 Å². The van der Waals surface area contributed by atoms with Gasteiger partial charge in [-0.05, 0) is 44.0 Å². The number of aromatic nitrogens is 1. The fourth-order valence-corrected chi connectivity index (χ4v) is 1.71. The number of hydrogen-bond acceptors (Lipinski definition) is 2. The predicted octanol–water partition coefficient (Wildman–Crippen LogP) is 3.35. The summed E-state index contributed by atoms with van der Waals surface area (Å²) in [6.07, 6.45) is 1.43. The summed E-state index contributed by atoms with van der Waals surface area (Å²) in [4.78, 5) is 4.04. The van der Waals surface area contributed by atoms with Crippen LogP contribution in [-0.2, 0) is 0 Å². The molecule has 1 heterocycles. The van der Waals surface area contributed by atoms with Crippen LogP contribution in [-0.4, -0.2) is 4.98 Å². The highest BCUT2D eigenvalue weighted by molar-refractivity contribution is 9.11. The van der Waals surface area contributed by atoms with Crippen molar-refractivity contribution in [2.45, 2.75) is 0 Å². The molecule has 0 N–H and O–H groups in total. The van der Waals surface area contributed by atoms with Crippen LogP contribution in [0.15, 0.2) is 31.9 Å². The van der Waals surface area contributed by atoms with Gasteiger partial charge in [-0.25, -0.2) is 4.98 Å². The second kappa shape index (κ2) is 2.60. The molecule has 0 aliphatic carbocycles. The molecule has 0 spiro atoms. The minimum Gasteiger partial charge on any atom is -0.442 e. The van der Waals surface area contributed by atoms with Crippen LogP contribution in [0.25, 0.3) is 11.1 Å². The monoisotopic (exact) mass is 275 g/mol. The largest absolute Gasteiger partial charge is 0.442 e.